The minimum atomic E-state index is -0.0249. The molecule has 5 heteroatoms. The number of hydrazine groups is 1. The maximum atomic E-state index is 12.4. The molecule has 0 aromatic heterocycles. The number of amides is 1. The van der Waals surface area contributed by atoms with Crippen LogP contribution in [0.5, 0.6) is 0 Å². The van der Waals surface area contributed by atoms with Crippen molar-refractivity contribution in [3.8, 4) is 0 Å². The summed E-state index contributed by atoms with van der Waals surface area (Å²) in [5.41, 5.74) is 7.11. The van der Waals surface area contributed by atoms with Crippen molar-refractivity contribution in [1.29, 1.82) is 0 Å². The van der Waals surface area contributed by atoms with E-state index in [1.54, 1.807) is 0 Å². The molecule has 2 aromatic carbocycles. The summed E-state index contributed by atoms with van der Waals surface area (Å²) >= 11 is 0. The Morgan fingerprint density at radius 1 is 0.967 bits per heavy atom. The highest BCUT2D eigenvalue weighted by molar-refractivity contribution is 5.95. The molecule has 0 fully saturated rings. The average molecular weight is 405 g/mol. The van der Waals surface area contributed by atoms with E-state index in [-0.39, 0.29) is 5.91 Å². The second kappa shape index (κ2) is 11.1. The van der Waals surface area contributed by atoms with Gasteiger partial charge in [-0.25, -0.2) is 0 Å². The number of nitrogens with zero attached hydrogens (tertiary/aromatic N) is 1. The number of carbonyl (C=O) groups excluding carboxylic acids is 1. The highest BCUT2D eigenvalue weighted by Crippen LogP contribution is 2.21. The molecule has 0 aliphatic carbocycles. The van der Waals surface area contributed by atoms with Gasteiger partial charge in [-0.05, 0) is 42.3 Å². The summed E-state index contributed by atoms with van der Waals surface area (Å²) in [6.45, 7) is 2.93. The standard InChI is InChI=1S/C25H32N4O/c1-3-4-5-6-10-18-26-25(30)21-14-11-15-22(19-21)27-24-17-16-23(29(2)28-24)20-12-8-7-9-13-20/h7-9,11-17,19,27-28H,3-6,10,18H2,1-2H3,(H,26,30). The second-order valence-corrected chi connectivity index (χ2v) is 7.55. The molecule has 3 rings (SSSR count). The van der Waals surface area contributed by atoms with Gasteiger partial charge in [-0.3, -0.25) is 15.2 Å². The Kier molecular flexibility index (Phi) is 7.95. The molecule has 0 saturated heterocycles. The van der Waals surface area contributed by atoms with Crippen LogP contribution in [0.1, 0.15) is 54.9 Å². The molecule has 1 amide bonds. The number of rotatable bonds is 10. The van der Waals surface area contributed by atoms with Gasteiger partial charge in [0, 0.05) is 24.8 Å². The van der Waals surface area contributed by atoms with E-state index in [1.807, 2.05) is 60.6 Å². The first-order valence-corrected chi connectivity index (χ1v) is 10.8. The Bertz CT molecular complexity index is 889. The molecule has 1 heterocycles. The van der Waals surface area contributed by atoms with E-state index >= 15 is 0 Å². The fraction of sp³-hybridized carbons (Fsp3) is 0.320. The molecular weight excluding hydrogens is 372 g/mol. The first kappa shape index (κ1) is 21.5. The summed E-state index contributed by atoms with van der Waals surface area (Å²) in [7, 11) is 1.98. The van der Waals surface area contributed by atoms with Crippen molar-refractivity contribution in [2.75, 3.05) is 18.9 Å². The number of benzene rings is 2. The number of hydrogen-bond donors (Lipinski definition) is 3. The lowest BCUT2D eigenvalue weighted by Gasteiger charge is -2.29. The largest absolute Gasteiger partial charge is 0.352 e. The summed E-state index contributed by atoms with van der Waals surface area (Å²) < 4.78 is 0. The van der Waals surface area contributed by atoms with Crippen molar-refractivity contribution in [3.05, 3.63) is 83.7 Å². The van der Waals surface area contributed by atoms with E-state index in [1.165, 1.54) is 25.7 Å². The fourth-order valence-electron chi connectivity index (χ4n) is 3.45. The van der Waals surface area contributed by atoms with Gasteiger partial charge in [-0.1, -0.05) is 69.0 Å². The first-order chi connectivity index (χ1) is 14.7. The fourth-order valence-corrected chi connectivity index (χ4v) is 3.45. The predicted octanol–water partition coefficient (Wildman–Crippen LogP) is 5.13. The van der Waals surface area contributed by atoms with Crippen LogP contribution in [0.15, 0.2) is 72.6 Å². The van der Waals surface area contributed by atoms with Gasteiger partial charge in [0.05, 0.1) is 5.70 Å². The number of nitrogens with one attached hydrogen (secondary N) is 3. The molecule has 0 spiro atoms. The summed E-state index contributed by atoms with van der Waals surface area (Å²) in [6.07, 6.45) is 10.0. The molecule has 1 aliphatic rings. The molecule has 30 heavy (non-hydrogen) atoms. The normalized spacial score (nSPS) is 13.2. The van der Waals surface area contributed by atoms with Gasteiger partial charge in [0.1, 0.15) is 5.82 Å². The van der Waals surface area contributed by atoms with E-state index in [2.05, 4.69) is 41.2 Å². The number of anilines is 1. The first-order valence-electron chi connectivity index (χ1n) is 10.8. The monoisotopic (exact) mass is 404 g/mol. The van der Waals surface area contributed by atoms with Crippen LogP contribution in [0, 0.1) is 0 Å². The van der Waals surface area contributed by atoms with Gasteiger partial charge in [0.25, 0.3) is 5.91 Å². The summed E-state index contributed by atoms with van der Waals surface area (Å²) in [6, 6.07) is 17.8. The maximum absolute atomic E-state index is 12.4. The zero-order chi connectivity index (χ0) is 21.2. The highest BCUT2D eigenvalue weighted by Gasteiger charge is 2.13. The van der Waals surface area contributed by atoms with Crippen molar-refractivity contribution in [2.24, 2.45) is 0 Å². The van der Waals surface area contributed by atoms with Crippen molar-refractivity contribution < 1.29 is 4.79 Å². The van der Waals surface area contributed by atoms with Crippen LogP contribution in [-0.4, -0.2) is 24.5 Å². The van der Waals surface area contributed by atoms with Gasteiger partial charge in [0.2, 0.25) is 0 Å². The van der Waals surface area contributed by atoms with Gasteiger partial charge in [0.15, 0.2) is 0 Å². The average Bonchev–Trinajstić information content (AvgIpc) is 2.77. The van der Waals surface area contributed by atoms with E-state index < -0.39 is 0 Å². The third-order valence-electron chi connectivity index (χ3n) is 5.10. The van der Waals surface area contributed by atoms with E-state index in [0.29, 0.717) is 5.56 Å². The Balaban J connectivity index is 1.57. The lowest BCUT2D eigenvalue weighted by atomic mass is 10.1. The van der Waals surface area contributed by atoms with Gasteiger partial charge < -0.3 is 10.6 Å². The number of hydrogen-bond acceptors (Lipinski definition) is 4. The third-order valence-corrected chi connectivity index (χ3v) is 5.10. The molecule has 1 aliphatic heterocycles. The van der Waals surface area contributed by atoms with Crippen molar-refractivity contribution in [1.82, 2.24) is 15.8 Å². The Labute approximate surface area is 179 Å². The maximum Gasteiger partial charge on any atom is 0.251 e. The highest BCUT2D eigenvalue weighted by atomic mass is 16.1. The minimum Gasteiger partial charge on any atom is -0.352 e. The van der Waals surface area contributed by atoms with Crippen LogP contribution in [0.25, 0.3) is 5.70 Å². The molecule has 0 radical (unpaired) electrons. The van der Waals surface area contributed by atoms with Gasteiger partial charge in [-0.15, -0.1) is 0 Å². The van der Waals surface area contributed by atoms with Crippen molar-refractivity contribution in [2.45, 2.75) is 39.0 Å². The minimum absolute atomic E-state index is 0.0249. The lowest BCUT2D eigenvalue weighted by Crippen LogP contribution is -2.37. The van der Waals surface area contributed by atoms with E-state index in [9.17, 15) is 4.79 Å². The SMILES string of the molecule is CCCCCCCNC(=O)c1cccc(NC2=CC=C(c3ccccc3)N(C)N2)c1. The van der Waals surface area contributed by atoms with Crippen LogP contribution in [-0.2, 0) is 0 Å². The molecule has 0 bridgehead atoms. The van der Waals surface area contributed by atoms with E-state index in [4.69, 9.17) is 0 Å². The van der Waals surface area contributed by atoms with Crippen LogP contribution in [0.2, 0.25) is 0 Å². The molecule has 3 N–H and O–H groups in total. The Morgan fingerprint density at radius 3 is 2.53 bits per heavy atom. The smallest absolute Gasteiger partial charge is 0.251 e. The molecular formula is C25H32N4O. The van der Waals surface area contributed by atoms with Crippen LogP contribution < -0.4 is 16.1 Å². The zero-order valence-corrected chi connectivity index (χ0v) is 17.9. The summed E-state index contributed by atoms with van der Waals surface area (Å²) in [5.74, 6) is 0.828. The molecule has 158 valence electrons. The van der Waals surface area contributed by atoms with Crippen LogP contribution >= 0.6 is 0 Å². The lowest BCUT2D eigenvalue weighted by molar-refractivity contribution is 0.0953. The second-order valence-electron chi connectivity index (χ2n) is 7.55. The third kappa shape index (κ3) is 6.14. The van der Waals surface area contributed by atoms with Crippen molar-refractivity contribution in [3.63, 3.8) is 0 Å². The number of allylic oxidation sites excluding steroid dienone is 2. The van der Waals surface area contributed by atoms with Crippen LogP contribution in [0.3, 0.4) is 0 Å². The zero-order valence-electron chi connectivity index (χ0n) is 17.9. The van der Waals surface area contributed by atoms with Gasteiger partial charge in [-0.2, -0.15) is 0 Å². The van der Waals surface area contributed by atoms with Crippen molar-refractivity contribution >= 4 is 17.3 Å². The quantitative estimate of drug-likeness (QED) is 0.481. The summed E-state index contributed by atoms with van der Waals surface area (Å²) in [4.78, 5) is 12.4. The number of carbonyl (C=O) groups is 1. The summed E-state index contributed by atoms with van der Waals surface area (Å²) in [5, 5.41) is 8.35. The number of unbranched alkanes of at least 4 members (excludes halogenated alkanes) is 4. The molecule has 0 atom stereocenters. The molecule has 0 unspecified atom stereocenters. The molecule has 0 saturated carbocycles. The van der Waals surface area contributed by atoms with Crippen LogP contribution in [0.4, 0.5) is 5.69 Å². The molecule has 2 aromatic rings. The van der Waals surface area contributed by atoms with E-state index in [0.717, 1.165) is 35.7 Å². The Morgan fingerprint density at radius 2 is 1.77 bits per heavy atom. The topological polar surface area (TPSA) is 56.4 Å². The Hall–Kier alpha value is -3.21. The predicted molar refractivity (Wildman–Crippen MR) is 125 cm³/mol. The molecule has 5 nitrogen and oxygen atoms in total. The van der Waals surface area contributed by atoms with Gasteiger partial charge >= 0.3 is 0 Å².